The van der Waals surface area contributed by atoms with Crippen LogP contribution in [0.15, 0.2) is 35.0 Å². The molecule has 1 aliphatic carbocycles. The molecule has 2 aromatic heterocycles. The van der Waals surface area contributed by atoms with Crippen LogP contribution in [0.1, 0.15) is 58.2 Å². The highest BCUT2D eigenvalue weighted by Crippen LogP contribution is 2.48. The Balaban J connectivity index is 1.55. The lowest BCUT2D eigenvalue weighted by Crippen LogP contribution is -2.57. The van der Waals surface area contributed by atoms with Gasteiger partial charge >= 0.3 is 0 Å². The first kappa shape index (κ1) is 17.2. The predicted molar refractivity (Wildman–Crippen MR) is 95.7 cm³/mol. The van der Waals surface area contributed by atoms with Crippen LogP contribution in [0.4, 0.5) is 0 Å². The summed E-state index contributed by atoms with van der Waals surface area (Å²) in [6.07, 6.45) is 4.02. The van der Waals surface area contributed by atoms with Crippen molar-refractivity contribution in [2.45, 2.75) is 65.5 Å². The minimum atomic E-state index is 0.0210. The van der Waals surface area contributed by atoms with E-state index >= 15 is 0 Å². The fraction of sp³-hybridized carbons (Fsp3) is 0.600. The summed E-state index contributed by atoms with van der Waals surface area (Å²) in [6.45, 7) is 12.0. The van der Waals surface area contributed by atoms with Crippen molar-refractivity contribution in [1.29, 1.82) is 0 Å². The molecule has 1 aliphatic rings. The van der Waals surface area contributed by atoms with Gasteiger partial charge in [-0.1, -0.05) is 45.8 Å². The van der Waals surface area contributed by atoms with Gasteiger partial charge in [0.1, 0.15) is 5.76 Å². The molecule has 2 heterocycles. The summed E-state index contributed by atoms with van der Waals surface area (Å²) in [7, 11) is 0. The maximum absolute atomic E-state index is 5.53. The average molecular weight is 327 g/mol. The minimum Gasteiger partial charge on any atom is -0.361 e. The van der Waals surface area contributed by atoms with Crippen LogP contribution in [0.2, 0.25) is 0 Å². The Morgan fingerprint density at radius 2 is 2.04 bits per heavy atom. The lowest BCUT2D eigenvalue weighted by molar-refractivity contribution is 0.0123. The quantitative estimate of drug-likeness (QED) is 0.898. The molecule has 0 saturated heterocycles. The lowest BCUT2D eigenvalue weighted by Gasteiger charge is -2.52. The van der Waals surface area contributed by atoms with E-state index in [9.17, 15) is 0 Å². The number of pyridine rings is 1. The van der Waals surface area contributed by atoms with Crippen molar-refractivity contribution >= 4 is 0 Å². The van der Waals surface area contributed by atoms with E-state index in [4.69, 9.17) is 4.52 Å². The summed E-state index contributed by atoms with van der Waals surface area (Å²) in [5.41, 5.74) is 2.47. The van der Waals surface area contributed by atoms with Gasteiger partial charge in [0, 0.05) is 30.3 Å². The molecule has 0 aromatic carbocycles. The first-order valence-electron chi connectivity index (χ1n) is 8.86. The van der Waals surface area contributed by atoms with Gasteiger partial charge < -0.3 is 9.84 Å². The lowest BCUT2D eigenvalue weighted by atomic mass is 9.57. The van der Waals surface area contributed by atoms with E-state index in [0.29, 0.717) is 12.0 Å². The molecule has 2 aromatic rings. The Hall–Kier alpha value is -1.68. The third kappa shape index (κ3) is 3.54. The highest BCUT2D eigenvalue weighted by Gasteiger charge is 2.47. The summed E-state index contributed by atoms with van der Waals surface area (Å²) >= 11 is 0. The summed E-state index contributed by atoms with van der Waals surface area (Å²) in [4.78, 5) is 4.38. The SMILES string of the molecule is CC(C)(C)c1cc(CC2CC(NCc3ccccn3)C2(C)C)no1. The normalized spacial score (nSPS) is 23.0. The van der Waals surface area contributed by atoms with Crippen LogP contribution in [0.5, 0.6) is 0 Å². The standard InChI is InChI=1S/C20H29N3O/c1-19(2,3)18-12-16(23-24-18)10-14-11-17(20(14,4)5)22-13-15-8-6-7-9-21-15/h6-9,12,14,17,22H,10-11,13H2,1-5H3. The highest BCUT2D eigenvalue weighted by molar-refractivity contribution is 5.16. The summed E-state index contributed by atoms with van der Waals surface area (Å²) < 4.78 is 5.53. The van der Waals surface area contributed by atoms with Gasteiger partial charge in [-0.3, -0.25) is 4.98 Å². The van der Waals surface area contributed by atoms with Crippen molar-refractivity contribution in [3.63, 3.8) is 0 Å². The smallest absolute Gasteiger partial charge is 0.142 e. The average Bonchev–Trinajstić information content (AvgIpc) is 3.00. The van der Waals surface area contributed by atoms with Crippen LogP contribution in [-0.4, -0.2) is 16.2 Å². The van der Waals surface area contributed by atoms with Gasteiger partial charge in [0.05, 0.1) is 11.4 Å². The van der Waals surface area contributed by atoms with Gasteiger partial charge in [-0.2, -0.15) is 0 Å². The zero-order valence-corrected chi connectivity index (χ0v) is 15.5. The molecule has 4 heteroatoms. The van der Waals surface area contributed by atoms with E-state index in [0.717, 1.165) is 30.1 Å². The van der Waals surface area contributed by atoms with Crippen molar-refractivity contribution in [2.24, 2.45) is 11.3 Å². The number of nitrogens with one attached hydrogen (secondary N) is 1. The first-order valence-corrected chi connectivity index (χ1v) is 8.86. The molecule has 0 spiro atoms. The van der Waals surface area contributed by atoms with Crippen LogP contribution in [0.3, 0.4) is 0 Å². The molecule has 1 saturated carbocycles. The highest BCUT2D eigenvalue weighted by atomic mass is 16.5. The van der Waals surface area contributed by atoms with Crippen LogP contribution < -0.4 is 5.32 Å². The Morgan fingerprint density at radius 1 is 1.25 bits per heavy atom. The number of aromatic nitrogens is 2. The molecular formula is C20H29N3O. The van der Waals surface area contributed by atoms with Crippen molar-refractivity contribution in [2.75, 3.05) is 0 Å². The Bertz CT molecular complexity index is 670. The molecule has 0 bridgehead atoms. The third-order valence-electron chi connectivity index (χ3n) is 5.48. The topological polar surface area (TPSA) is 51.0 Å². The van der Waals surface area contributed by atoms with Crippen LogP contribution >= 0.6 is 0 Å². The monoisotopic (exact) mass is 327 g/mol. The molecule has 2 atom stereocenters. The van der Waals surface area contributed by atoms with Crippen molar-refractivity contribution in [3.05, 3.63) is 47.6 Å². The second kappa shape index (κ2) is 6.32. The first-order chi connectivity index (χ1) is 11.3. The molecule has 1 fully saturated rings. The van der Waals surface area contributed by atoms with Crippen molar-refractivity contribution in [3.8, 4) is 0 Å². The second-order valence-corrected chi connectivity index (χ2v) is 8.65. The molecule has 24 heavy (non-hydrogen) atoms. The van der Waals surface area contributed by atoms with E-state index in [1.165, 1.54) is 6.42 Å². The number of hydrogen-bond acceptors (Lipinski definition) is 4. The van der Waals surface area contributed by atoms with E-state index in [1.54, 1.807) is 0 Å². The van der Waals surface area contributed by atoms with Gasteiger partial charge in [0.15, 0.2) is 0 Å². The molecule has 2 unspecified atom stereocenters. The number of hydrogen-bond donors (Lipinski definition) is 1. The van der Waals surface area contributed by atoms with Crippen molar-refractivity contribution in [1.82, 2.24) is 15.5 Å². The zero-order chi connectivity index (χ0) is 17.4. The molecule has 3 rings (SSSR count). The largest absolute Gasteiger partial charge is 0.361 e. The summed E-state index contributed by atoms with van der Waals surface area (Å²) in [6, 6.07) is 8.72. The van der Waals surface area contributed by atoms with Crippen LogP contribution in [0, 0.1) is 11.3 Å². The van der Waals surface area contributed by atoms with Gasteiger partial charge in [-0.15, -0.1) is 0 Å². The molecule has 130 valence electrons. The zero-order valence-electron chi connectivity index (χ0n) is 15.5. The molecule has 0 aliphatic heterocycles. The van der Waals surface area contributed by atoms with E-state index in [2.05, 4.69) is 62.2 Å². The van der Waals surface area contributed by atoms with E-state index in [1.807, 2.05) is 18.3 Å². The van der Waals surface area contributed by atoms with Gasteiger partial charge in [0.25, 0.3) is 0 Å². The van der Waals surface area contributed by atoms with E-state index in [-0.39, 0.29) is 10.8 Å². The molecule has 4 nitrogen and oxygen atoms in total. The third-order valence-corrected chi connectivity index (χ3v) is 5.48. The predicted octanol–water partition coefficient (Wildman–Crippen LogP) is 4.11. The molecule has 0 amide bonds. The maximum atomic E-state index is 5.53. The maximum Gasteiger partial charge on any atom is 0.142 e. The van der Waals surface area contributed by atoms with Crippen LogP contribution in [0.25, 0.3) is 0 Å². The Morgan fingerprint density at radius 3 is 2.62 bits per heavy atom. The minimum absolute atomic E-state index is 0.0210. The number of nitrogens with zero attached hydrogens (tertiary/aromatic N) is 2. The Labute approximate surface area is 145 Å². The second-order valence-electron chi connectivity index (χ2n) is 8.65. The fourth-order valence-electron chi connectivity index (χ4n) is 3.45. The van der Waals surface area contributed by atoms with Gasteiger partial charge in [0.2, 0.25) is 0 Å². The molecule has 1 N–H and O–H groups in total. The summed E-state index contributed by atoms with van der Waals surface area (Å²) in [5, 5.41) is 7.95. The Kier molecular flexibility index (Phi) is 4.52. The fourth-order valence-corrected chi connectivity index (χ4v) is 3.45. The number of rotatable bonds is 5. The van der Waals surface area contributed by atoms with Crippen LogP contribution in [-0.2, 0) is 18.4 Å². The van der Waals surface area contributed by atoms with E-state index < -0.39 is 0 Å². The molecular weight excluding hydrogens is 298 g/mol. The molecule has 0 radical (unpaired) electrons. The van der Waals surface area contributed by atoms with Gasteiger partial charge in [-0.05, 0) is 36.3 Å². The van der Waals surface area contributed by atoms with Crippen molar-refractivity contribution < 1.29 is 4.52 Å². The summed E-state index contributed by atoms with van der Waals surface area (Å²) in [5.74, 6) is 1.61. The van der Waals surface area contributed by atoms with Gasteiger partial charge in [-0.25, -0.2) is 0 Å².